The van der Waals surface area contributed by atoms with Crippen LogP contribution in [0.1, 0.15) is 47.3 Å². The highest BCUT2D eigenvalue weighted by Gasteiger charge is 2.35. The maximum Gasteiger partial charge on any atom is 0.343 e. The van der Waals surface area contributed by atoms with Crippen molar-refractivity contribution < 1.29 is 45.5 Å². The molecule has 6 N–H and O–H groups in total. The second-order valence-corrected chi connectivity index (χ2v) is 13.8. The molecular formula is C37H52Cl2N8O6. The van der Waals surface area contributed by atoms with Gasteiger partial charge in [-0.2, -0.15) is 0 Å². The number of rotatable bonds is 19. The van der Waals surface area contributed by atoms with Crippen molar-refractivity contribution in [1.82, 2.24) is 25.5 Å². The fourth-order valence-corrected chi connectivity index (χ4v) is 6.51. The minimum atomic E-state index is -0.429. The highest BCUT2D eigenvalue weighted by atomic mass is 35.5. The molecular weight excluding hydrogens is 723 g/mol. The van der Waals surface area contributed by atoms with Crippen molar-refractivity contribution in [2.75, 3.05) is 85.2 Å². The van der Waals surface area contributed by atoms with Crippen LogP contribution >= 0.6 is 11.6 Å². The van der Waals surface area contributed by atoms with Crippen LogP contribution in [0.3, 0.4) is 0 Å². The normalized spacial score (nSPS) is 16.7. The summed E-state index contributed by atoms with van der Waals surface area (Å²) in [5.41, 5.74) is 14.0. The van der Waals surface area contributed by atoms with Gasteiger partial charge in [0.2, 0.25) is 0 Å². The van der Waals surface area contributed by atoms with Crippen molar-refractivity contribution >= 4 is 41.0 Å². The van der Waals surface area contributed by atoms with E-state index in [1.807, 2.05) is 67.5 Å². The highest BCUT2D eigenvalue weighted by Crippen LogP contribution is 2.25. The molecule has 1 aliphatic heterocycles. The summed E-state index contributed by atoms with van der Waals surface area (Å²) in [6, 6.07) is 15.6. The second kappa shape index (κ2) is 21.4. The number of nitrogen functional groups attached to an aromatic ring is 2. The molecule has 4 rings (SSSR count). The molecule has 2 amide bonds. The number of benzene rings is 2. The van der Waals surface area contributed by atoms with Crippen molar-refractivity contribution in [3.63, 3.8) is 0 Å². The maximum atomic E-state index is 13.2. The number of likely N-dealkylation sites (tertiary alicyclic amines) is 1. The number of nitrogens with zero attached hydrogens (tertiary/aromatic N) is 4. The summed E-state index contributed by atoms with van der Waals surface area (Å²) in [7, 11) is 5.24. The molecule has 0 aliphatic carbocycles. The Hall–Kier alpha value is -4.37. The zero-order valence-electron chi connectivity index (χ0n) is 30.7. The third-order valence-electron chi connectivity index (χ3n) is 9.13. The van der Waals surface area contributed by atoms with Crippen LogP contribution in [0.15, 0.2) is 48.5 Å². The van der Waals surface area contributed by atoms with Crippen LogP contribution in [0.2, 0.25) is 5.15 Å². The van der Waals surface area contributed by atoms with Crippen molar-refractivity contribution in [3.8, 4) is 11.5 Å². The number of likely N-dealkylation sites (N-methyl/N-ethyl adjacent to an activating group) is 1. The lowest BCUT2D eigenvalue weighted by atomic mass is 9.99. The number of nitrogens with two attached hydrogens (primary N) is 2. The predicted octanol–water partition coefficient (Wildman–Crippen LogP) is -0.119. The van der Waals surface area contributed by atoms with Gasteiger partial charge >= 0.3 is 5.97 Å². The van der Waals surface area contributed by atoms with Crippen molar-refractivity contribution in [1.29, 1.82) is 0 Å². The van der Waals surface area contributed by atoms with E-state index in [9.17, 15) is 14.4 Å². The molecule has 2 atom stereocenters. The molecule has 290 valence electrons. The number of hydrogen-bond acceptors (Lipinski definition) is 11. The Balaban J connectivity index is 0.00000756. The lowest BCUT2D eigenvalue weighted by Gasteiger charge is -2.45. The number of nitrogens with one attached hydrogen (secondary N) is 2. The molecule has 3 aromatic rings. The number of aromatic nitrogens is 2. The Labute approximate surface area is 322 Å². The number of anilines is 2. The number of carbonyl (C=O) groups is 3. The predicted molar refractivity (Wildman–Crippen MR) is 200 cm³/mol. The van der Waals surface area contributed by atoms with Gasteiger partial charge in [0.1, 0.15) is 11.5 Å². The van der Waals surface area contributed by atoms with Crippen molar-refractivity contribution in [3.05, 3.63) is 70.5 Å². The Morgan fingerprint density at radius 3 is 2.06 bits per heavy atom. The molecule has 1 fully saturated rings. The number of quaternary nitrogens is 1. The molecule has 2 unspecified atom stereocenters. The summed E-state index contributed by atoms with van der Waals surface area (Å²) >= 11 is 6.05. The van der Waals surface area contributed by atoms with Gasteiger partial charge < -0.3 is 58.1 Å². The van der Waals surface area contributed by atoms with E-state index >= 15 is 0 Å². The van der Waals surface area contributed by atoms with Crippen LogP contribution in [0.5, 0.6) is 11.5 Å². The number of esters is 1. The van der Waals surface area contributed by atoms with Crippen molar-refractivity contribution in [2.45, 2.75) is 44.6 Å². The van der Waals surface area contributed by atoms with Crippen molar-refractivity contribution in [2.24, 2.45) is 0 Å². The van der Waals surface area contributed by atoms with Gasteiger partial charge in [-0.15, -0.1) is 0 Å². The molecule has 0 spiro atoms. The first kappa shape index (κ1) is 43.0. The number of hydrogen-bond donors (Lipinski definition) is 4. The Bertz CT molecular complexity index is 1630. The quantitative estimate of drug-likeness (QED) is 0.0942. The molecule has 0 saturated carbocycles. The zero-order valence-corrected chi connectivity index (χ0v) is 32.3. The fraction of sp³-hybridized carbons (Fsp3) is 0.486. The molecule has 2 aromatic carbocycles. The standard InChI is InChI=1S/C37H51ClN8O6.ClH/c1-45(2)19-18-41-31(47)24-51-29-14-10-26(11-15-29)7-4-20-46(21-5-8-27-12-16-30(17-13-27)52-25-32(48)50-3)22-6-9-28(23-46)42-37(49)33-35(39)44-36(40)34(38)43-33;/h10-17,28H,4-9,18-25H2,1-3H3,(H5-,39,40,41,42,44,47,49);1H. The van der Waals surface area contributed by atoms with E-state index in [-0.39, 0.29) is 60.1 Å². The second-order valence-electron chi connectivity index (χ2n) is 13.4. The van der Waals surface area contributed by atoms with Gasteiger partial charge in [-0.05, 0) is 75.2 Å². The SMILES string of the molecule is COC(=O)COc1ccc(CCC[N+]2(CCCc3ccc(OCC(=O)NCCN(C)C)cc3)CCCC(NC(=O)c3nc(Cl)c(N)nc3N)C2)cc1.[Cl-]. The molecule has 14 nitrogen and oxygen atoms in total. The van der Waals surface area contributed by atoms with Crippen LogP contribution in [0.4, 0.5) is 11.6 Å². The summed E-state index contributed by atoms with van der Waals surface area (Å²) in [5, 5.41) is 5.93. The smallest absolute Gasteiger partial charge is 0.343 e. The van der Waals surface area contributed by atoms with E-state index in [4.69, 9.17) is 32.5 Å². The van der Waals surface area contributed by atoms with E-state index in [1.165, 1.54) is 18.2 Å². The van der Waals surface area contributed by atoms with Gasteiger partial charge in [0.25, 0.3) is 11.8 Å². The molecule has 0 bridgehead atoms. The number of carbonyl (C=O) groups excluding carboxylic acids is 3. The summed E-state index contributed by atoms with van der Waals surface area (Å²) < 4.78 is 16.7. The first-order chi connectivity index (χ1) is 24.9. The highest BCUT2D eigenvalue weighted by molar-refractivity contribution is 6.31. The van der Waals surface area contributed by atoms with Crippen LogP contribution < -0.4 is 44.0 Å². The topological polar surface area (TPSA) is 184 Å². The summed E-state index contributed by atoms with van der Waals surface area (Å²) in [5.74, 6) is 0.194. The Morgan fingerprint density at radius 1 is 0.906 bits per heavy atom. The van der Waals surface area contributed by atoms with Crippen LogP contribution in [0.25, 0.3) is 0 Å². The van der Waals surface area contributed by atoms with E-state index in [1.54, 1.807) is 0 Å². The number of methoxy groups -OCH3 is 1. The van der Waals surface area contributed by atoms with E-state index in [0.717, 1.165) is 75.7 Å². The van der Waals surface area contributed by atoms with E-state index in [0.29, 0.717) is 18.0 Å². The third kappa shape index (κ3) is 14.2. The number of piperidine rings is 1. The first-order valence-corrected chi connectivity index (χ1v) is 18.0. The van der Waals surface area contributed by atoms with Gasteiger partial charge in [0.05, 0.1) is 39.3 Å². The monoisotopic (exact) mass is 774 g/mol. The fourth-order valence-electron chi connectivity index (χ4n) is 6.38. The van der Waals surface area contributed by atoms with E-state index < -0.39 is 11.9 Å². The largest absolute Gasteiger partial charge is 1.00 e. The first-order valence-electron chi connectivity index (χ1n) is 17.6. The molecule has 1 saturated heterocycles. The van der Waals surface area contributed by atoms with Gasteiger partial charge in [-0.1, -0.05) is 35.9 Å². The van der Waals surface area contributed by atoms with Gasteiger partial charge in [-0.3, -0.25) is 9.59 Å². The molecule has 16 heteroatoms. The van der Waals surface area contributed by atoms with Gasteiger partial charge in [0, 0.05) is 25.9 Å². The number of amides is 2. The summed E-state index contributed by atoms with van der Waals surface area (Å²) in [6.45, 7) is 4.83. The van der Waals surface area contributed by atoms with Crippen LogP contribution in [0, 0.1) is 0 Å². The van der Waals surface area contributed by atoms with Gasteiger partial charge in [0.15, 0.2) is 35.7 Å². The van der Waals surface area contributed by atoms with Crippen LogP contribution in [-0.2, 0) is 27.2 Å². The molecule has 1 aromatic heterocycles. The van der Waals surface area contributed by atoms with Crippen LogP contribution in [-0.4, -0.2) is 117 Å². The lowest BCUT2D eigenvalue weighted by Crippen LogP contribution is -3.00. The Morgan fingerprint density at radius 2 is 1.49 bits per heavy atom. The van der Waals surface area contributed by atoms with E-state index in [2.05, 4.69) is 25.3 Å². The number of halogens is 2. The summed E-state index contributed by atoms with van der Waals surface area (Å²) in [6.07, 6.45) is 5.45. The molecule has 53 heavy (non-hydrogen) atoms. The number of aryl methyl sites for hydroxylation is 2. The molecule has 0 radical (unpaired) electrons. The third-order valence-corrected chi connectivity index (χ3v) is 9.40. The molecule has 1 aliphatic rings. The zero-order chi connectivity index (χ0) is 37.5. The average Bonchev–Trinajstić information content (AvgIpc) is 3.12. The summed E-state index contributed by atoms with van der Waals surface area (Å²) in [4.78, 5) is 46.8. The molecule has 2 heterocycles. The van der Waals surface area contributed by atoms with Gasteiger partial charge in [-0.25, -0.2) is 14.8 Å². The maximum absolute atomic E-state index is 13.2. The lowest BCUT2D eigenvalue weighted by molar-refractivity contribution is -0.933. The minimum Gasteiger partial charge on any atom is -1.00 e. The average molecular weight is 776 g/mol. The minimum absolute atomic E-state index is 0. The Kier molecular flexibility index (Phi) is 17.3. The number of ether oxygens (including phenoxy) is 3.